The van der Waals surface area contributed by atoms with Crippen molar-refractivity contribution >= 4 is 32.6 Å². The second-order valence-corrected chi connectivity index (χ2v) is 6.02. The van der Waals surface area contributed by atoms with Crippen LogP contribution in [0.4, 0.5) is 0 Å². The average Bonchev–Trinajstić information content (AvgIpc) is 2.52. The van der Waals surface area contributed by atoms with E-state index < -0.39 is 0 Å². The number of halogens is 1. The zero-order valence-electron chi connectivity index (χ0n) is 12.3. The third kappa shape index (κ3) is 4.27. The Morgan fingerprint density at radius 3 is 2.86 bits per heavy atom. The number of carbonyl (C=O) groups is 1. The van der Waals surface area contributed by atoms with E-state index in [2.05, 4.69) is 33.2 Å². The molecule has 0 aliphatic heterocycles. The predicted molar refractivity (Wildman–Crippen MR) is 90.9 cm³/mol. The molecule has 3 nitrogen and oxygen atoms in total. The van der Waals surface area contributed by atoms with E-state index in [0.717, 1.165) is 35.4 Å². The molecule has 2 aromatic rings. The number of hydrogen-bond acceptors (Lipinski definition) is 2. The van der Waals surface area contributed by atoms with E-state index in [0.29, 0.717) is 18.2 Å². The number of amides is 1. The molecule has 0 saturated carbocycles. The molecule has 0 fully saturated rings. The number of benzene rings is 1. The molecule has 1 atom stereocenters. The summed E-state index contributed by atoms with van der Waals surface area (Å²) in [6.07, 6.45) is 5.05. The molecule has 112 valence electrons. The highest BCUT2D eigenvalue weighted by Gasteiger charge is 2.13. The Balaban J connectivity index is 2.08. The summed E-state index contributed by atoms with van der Waals surface area (Å²) in [6, 6.07) is 9.78. The topological polar surface area (TPSA) is 42.0 Å². The van der Waals surface area contributed by atoms with Gasteiger partial charge in [0.2, 0.25) is 0 Å². The summed E-state index contributed by atoms with van der Waals surface area (Å²) in [6.45, 7) is 2.89. The van der Waals surface area contributed by atoms with Crippen LogP contribution >= 0.6 is 15.9 Å². The van der Waals surface area contributed by atoms with Crippen molar-refractivity contribution in [2.45, 2.75) is 26.2 Å². The van der Waals surface area contributed by atoms with Crippen molar-refractivity contribution in [1.82, 2.24) is 10.3 Å². The van der Waals surface area contributed by atoms with E-state index in [4.69, 9.17) is 0 Å². The molecule has 0 aliphatic rings. The van der Waals surface area contributed by atoms with Gasteiger partial charge in [-0.25, -0.2) is 0 Å². The molecule has 21 heavy (non-hydrogen) atoms. The van der Waals surface area contributed by atoms with Crippen molar-refractivity contribution in [1.29, 1.82) is 0 Å². The van der Waals surface area contributed by atoms with Crippen molar-refractivity contribution in [3.63, 3.8) is 0 Å². The minimum absolute atomic E-state index is 0.0810. The largest absolute Gasteiger partial charge is 0.350 e. The van der Waals surface area contributed by atoms with Crippen LogP contribution in [0.2, 0.25) is 0 Å². The van der Waals surface area contributed by atoms with Gasteiger partial charge in [-0.15, -0.1) is 0 Å². The first-order chi connectivity index (χ1) is 10.3. The highest BCUT2D eigenvalue weighted by molar-refractivity contribution is 9.09. The minimum Gasteiger partial charge on any atom is -0.350 e. The SMILES string of the molecule is CCCC(CCBr)CNC(=O)c1nccc2ccccc12. The Morgan fingerprint density at radius 2 is 2.10 bits per heavy atom. The molecule has 0 saturated heterocycles. The monoisotopic (exact) mass is 348 g/mol. The molecule has 1 aromatic heterocycles. The Hall–Kier alpha value is -1.42. The fourth-order valence-electron chi connectivity index (χ4n) is 2.53. The standard InChI is InChI=1S/C17H21BrN2O/c1-2-5-13(8-10-18)12-20-17(21)16-15-7-4-3-6-14(15)9-11-19-16/h3-4,6-7,9,11,13H,2,5,8,10,12H2,1H3,(H,20,21). The highest BCUT2D eigenvalue weighted by atomic mass is 79.9. The van der Waals surface area contributed by atoms with Crippen LogP contribution in [-0.2, 0) is 0 Å². The summed E-state index contributed by atoms with van der Waals surface area (Å²) in [5, 5.41) is 5.96. The molecule has 1 aromatic carbocycles. The quantitative estimate of drug-likeness (QED) is 0.763. The van der Waals surface area contributed by atoms with Crippen molar-refractivity contribution in [3.8, 4) is 0 Å². The lowest BCUT2D eigenvalue weighted by molar-refractivity contribution is 0.0943. The lowest BCUT2D eigenvalue weighted by atomic mass is 10.0. The number of nitrogens with zero attached hydrogens (tertiary/aromatic N) is 1. The summed E-state index contributed by atoms with van der Waals surface area (Å²) >= 11 is 3.48. The first-order valence-electron chi connectivity index (χ1n) is 7.44. The molecule has 0 spiro atoms. The second kappa shape index (κ2) is 8.13. The lowest BCUT2D eigenvalue weighted by Crippen LogP contribution is -2.30. The second-order valence-electron chi connectivity index (χ2n) is 5.22. The van der Waals surface area contributed by atoms with Crippen molar-refractivity contribution in [3.05, 3.63) is 42.2 Å². The van der Waals surface area contributed by atoms with Gasteiger partial charge in [0.25, 0.3) is 5.91 Å². The minimum atomic E-state index is -0.0810. The van der Waals surface area contributed by atoms with E-state index >= 15 is 0 Å². The number of fused-ring (bicyclic) bond motifs is 1. The van der Waals surface area contributed by atoms with E-state index in [1.807, 2.05) is 30.3 Å². The van der Waals surface area contributed by atoms with Crippen LogP contribution < -0.4 is 5.32 Å². The van der Waals surface area contributed by atoms with E-state index in [1.54, 1.807) is 6.20 Å². The molecule has 1 N–H and O–H groups in total. The van der Waals surface area contributed by atoms with Gasteiger partial charge in [0.1, 0.15) is 5.69 Å². The van der Waals surface area contributed by atoms with Crippen LogP contribution in [0.25, 0.3) is 10.8 Å². The van der Waals surface area contributed by atoms with Gasteiger partial charge in [0.05, 0.1) is 0 Å². The van der Waals surface area contributed by atoms with Gasteiger partial charge in [0.15, 0.2) is 0 Å². The summed E-state index contributed by atoms with van der Waals surface area (Å²) in [4.78, 5) is 16.6. The number of pyridine rings is 1. The molecule has 0 radical (unpaired) electrons. The smallest absolute Gasteiger partial charge is 0.270 e. The van der Waals surface area contributed by atoms with Crippen LogP contribution in [0.5, 0.6) is 0 Å². The van der Waals surface area contributed by atoms with Gasteiger partial charge < -0.3 is 5.32 Å². The van der Waals surface area contributed by atoms with Gasteiger partial charge in [0, 0.05) is 23.5 Å². The Labute approximate surface area is 134 Å². The maximum absolute atomic E-state index is 12.4. The number of aromatic nitrogens is 1. The molecular formula is C17H21BrN2O. The maximum Gasteiger partial charge on any atom is 0.270 e. The molecule has 2 rings (SSSR count). The third-order valence-electron chi connectivity index (χ3n) is 3.65. The van der Waals surface area contributed by atoms with Crippen molar-refractivity contribution in [2.75, 3.05) is 11.9 Å². The van der Waals surface area contributed by atoms with Crippen molar-refractivity contribution < 1.29 is 4.79 Å². The molecule has 1 amide bonds. The Morgan fingerprint density at radius 1 is 1.29 bits per heavy atom. The van der Waals surface area contributed by atoms with E-state index in [-0.39, 0.29) is 5.91 Å². The summed E-state index contributed by atoms with van der Waals surface area (Å²) in [7, 11) is 0. The molecule has 4 heteroatoms. The zero-order valence-corrected chi connectivity index (χ0v) is 13.9. The van der Waals surface area contributed by atoms with Crippen molar-refractivity contribution in [2.24, 2.45) is 5.92 Å². The number of rotatable bonds is 7. The molecule has 1 heterocycles. The normalized spacial score (nSPS) is 12.3. The Kier molecular flexibility index (Phi) is 6.18. The van der Waals surface area contributed by atoms with Crippen LogP contribution in [0.3, 0.4) is 0 Å². The fraction of sp³-hybridized carbons (Fsp3) is 0.412. The number of carbonyl (C=O) groups excluding carboxylic acids is 1. The molecular weight excluding hydrogens is 328 g/mol. The average molecular weight is 349 g/mol. The first-order valence-corrected chi connectivity index (χ1v) is 8.56. The Bertz CT molecular complexity index is 589. The molecule has 0 bridgehead atoms. The number of alkyl halides is 1. The van der Waals surface area contributed by atoms with E-state index in [1.165, 1.54) is 0 Å². The van der Waals surface area contributed by atoms with Gasteiger partial charge in [-0.1, -0.05) is 53.5 Å². The fourth-order valence-corrected chi connectivity index (χ4v) is 3.18. The summed E-state index contributed by atoms with van der Waals surface area (Å²) in [5.74, 6) is 0.441. The number of nitrogens with one attached hydrogen (secondary N) is 1. The van der Waals surface area contributed by atoms with Crippen LogP contribution in [0.1, 0.15) is 36.7 Å². The van der Waals surface area contributed by atoms with Gasteiger partial charge in [-0.3, -0.25) is 9.78 Å². The van der Waals surface area contributed by atoms with Crippen LogP contribution in [-0.4, -0.2) is 22.8 Å². The summed E-state index contributed by atoms with van der Waals surface area (Å²) < 4.78 is 0. The third-order valence-corrected chi connectivity index (χ3v) is 4.11. The van der Waals surface area contributed by atoms with Crippen LogP contribution in [0.15, 0.2) is 36.5 Å². The number of hydrogen-bond donors (Lipinski definition) is 1. The lowest BCUT2D eigenvalue weighted by Gasteiger charge is -2.15. The van der Waals surface area contributed by atoms with Crippen LogP contribution in [0, 0.1) is 5.92 Å². The first kappa shape index (κ1) is 16.0. The van der Waals surface area contributed by atoms with Gasteiger partial charge in [-0.05, 0) is 30.2 Å². The van der Waals surface area contributed by atoms with E-state index in [9.17, 15) is 4.79 Å². The maximum atomic E-state index is 12.4. The van der Waals surface area contributed by atoms with Gasteiger partial charge in [-0.2, -0.15) is 0 Å². The predicted octanol–water partition coefficient (Wildman–Crippen LogP) is 4.17. The highest BCUT2D eigenvalue weighted by Crippen LogP contribution is 2.17. The molecule has 1 unspecified atom stereocenters. The van der Waals surface area contributed by atoms with Gasteiger partial charge >= 0.3 is 0 Å². The summed E-state index contributed by atoms with van der Waals surface area (Å²) in [5.41, 5.74) is 0.516. The molecule has 0 aliphatic carbocycles. The zero-order chi connectivity index (χ0) is 15.1.